The van der Waals surface area contributed by atoms with Gasteiger partial charge in [-0.1, -0.05) is 26.0 Å². The molecule has 1 atom stereocenters. The molecule has 1 unspecified atom stereocenters. The molecule has 1 N–H and O–H groups in total. The lowest BCUT2D eigenvalue weighted by Crippen LogP contribution is -2.50. The summed E-state index contributed by atoms with van der Waals surface area (Å²) in [5.74, 6) is 0.871. The molecule has 1 amide bonds. The highest BCUT2D eigenvalue weighted by Gasteiger charge is 2.51. The van der Waals surface area contributed by atoms with E-state index < -0.39 is 12.0 Å². The summed E-state index contributed by atoms with van der Waals surface area (Å²) in [6.45, 7) is 3.52. The highest BCUT2D eigenvalue weighted by Crippen LogP contribution is 2.60. The largest absolute Gasteiger partial charge is 0.548 e. The van der Waals surface area contributed by atoms with Crippen molar-refractivity contribution in [3.63, 3.8) is 0 Å². The van der Waals surface area contributed by atoms with Gasteiger partial charge < -0.3 is 15.2 Å². The number of carbonyl (C=O) groups excluding carboxylic acids is 2. The zero-order valence-electron chi connectivity index (χ0n) is 15.7. The van der Waals surface area contributed by atoms with Crippen LogP contribution in [0.4, 0.5) is 0 Å². The average molecular weight is 354 g/mol. The van der Waals surface area contributed by atoms with Crippen LogP contribution in [0, 0.1) is 23.7 Å². The van der Waals surface area contributed by atoms with Crippen LogP contribution < -0.4 is 10.4 Å². The third-order valence-corrected chi connectivity index (χ3v) is 7.00. The molecule has 140 valence electrons. The molecular formula is C22H28NO3-. The molecule has 0 saturated heterocycles. The Labute approximate surface area is 155 Å². The van der Waals surface area contributed by atoms with E-state index in [9.17, 15) is 14.7 Å². The molecule has 1 aromatic rings. The van der Waals surface area contributed by atoms with Gasteiger partial charge in [0.25, 0.3) is 5.91 Å². The average Bonchev–Trinajstić information content (AvgIpc) is 2.58. The normalized spacial score (nSPS) is 33.3. The fourth-order valence-corrected chi connectivity index (χ4v) is 6.16. The summed E-state index contributed by atoms with van der Waals surface area (Å²) in [4.78, 5) is 23.6. The van der Waals surface area contributed by atoms with Crippen molar-refractivity contribution in [2.45, 2.75) is 63.8 Å². The fraction of sp³-hybridized carbons (Fsp3) is 0.636. The van der Waals surface area contributed by atoms with Gasteiger partial charge in [0.05, 0.1) is 12.0 Å². The maximum atomic E-state index is 12.4. The standard InChI is InChI=1S/C22H29NO3/c1-13(2)19(21(25)26)23-20(24)17-3-5-18(6-4-17)22-10-14-7-15(11-22)9-16(8-14)12-22/h3-6,13-16,19H,7-12H2,1-2H3,(H,23,24)(H,25,26)/p-1. The summed E-state index contributed by atoms with van der Waals surface area (Å²) < 4.78 is 0. The molecule has 4 aliphatic carbocycles. The Balaban J connectivity index is 1.50. The van der Waals surface area contributed by atoms with Crippen LogP contribution in [0.1, 0.15) is 68.3 Å². The first-order valence-corrected chi connectivity index (χ1v) is 9.98. The second-order valence-electron chi connectivity index (χ2n) is 9.29. The van der Waals surface area contributed by atoms with Crippen molar-refractivity contribution in [1.29, 1.82) is 0 Å². The van der Waals surface area contributed by atoms with Crippen molar-refractivity contribution < 1.29 is 14.7 Å². The van der Waals surface area contributed by atoms with Crippen LogP contribution in [-0.4, -0.2) is 17.9 Å². The molecule has 0 aliphatic heterocycles. The third kappa shape index (κ3) is 3.04. The summed E-state index contributed by atoms with van der Waals surface area (Å²) in [5, 5.41) is 13.8. The Kier molecular flexibility index (Phi) is 4.32. The van der Waals surface area contributed by atoms with Crippen molar-refractivity contribution in [1.82, 2.24) is 5.32 Å². The number of carboxylic acid groups (broad SMARTS) is 1. The number of rotatable bonds is 5. The Morgan fingerprint density at radius 2 is 1.50 bits per heavy atom. The van der Waals surface area contributed by atoms with Gasteiger partial charge in [0, 0.05) is 5.56 Å². The summed E-state index contributed by atoms with van der Waals surface area (Å²) in [7, 11) is 0. The summed E-state index contributed by atoms with van der Waals surface area (Å²) in [5.41, 5.74) is 2.20. The van der Waals surface area contributed by atoms with E-state index in [1.807, 2.05) is 12.1 Å². The number of amides is 1. The van der Waals surface area contributed by atoms with Gasteiger partial charge in [-0.2, -0.15) is 0 Å². The molecule has 0 heterocycles. The lowest BCUT2D eigenvalue weighted by Gasteiger charge is -2.57. The second-order valence-corrected chi connectivity index (χ2v) is 9.29. The van der Waals surface area contributed by atoms with Crippen LogP contribution in [0.15, 0.2) is 24.3 Å². The SMILES string of the molecule is CC(C)C(NC(=O)c1ccc(C23CC4CC(CC(C4)C2)C3)cc1)C(=O)[O-]. The minimum Gasteiger partial charge on any atom is -0.548 e. The number of nitrogens with one attached hydrogen (secondary N) is 1. The van der Waals surface area contributed by atoms with Gasteiger partial charge in [-0.05, 0) is 85.3 Å². The van der Waals surface area contributed by atoms with Crippen LogP contribution >= 0.6 is 0 Å². The van der Waals surface area contributed by atoms with Crippen molar-refractivity contribution in [2.24, 2.45) is 23.7 Å². The van der Waals surface area contributed by atoms with Crippen molar-refractivity contribution in [2.75, 3.05) is 0 Å². The Bertz CT molecular complexity index is 671. The number of hydrogen-bond donors (Lipinski definition) is 1. The maximum Gasteiger partial charge on any atom is 0.251 e. The predicted molar refractivity (Wildman–Crippen MR) is 97.4 cm³/mol. The van der Waals surface area contributed by atoms with E-state index in [-0.39, 0.29) is 11.8 Å². The van der Waals surface area contributed by atoms with Crippen molar-refractivity contribution in [3.05, 3.63) is 35.4 Å². The van der Waals surface area contributed by atoms with Crippen LogP contribution in [-0.2, 0) is 10.2 Å². The minimum atomic E-state index is -1.24. The Hall–Kier alpha value is -1.84. The van der Waals surface area contributed by atoms with Gasteiger partial charge in [0.1, 0.15) is 0 Å². The van der Waals surface area contributed by atoms with E-state index in [0.717, 1.165) is 17.8 Å². The summed E-state index contributed by atoms with van der Waals surface area (Å²) >= 11 is 0. The smallest absolute Gasteiger partial charge is 0.251 e. The molecule has 1 aromatic carbocycles. The lowest BCUT2D eigenvalue weighted by molar-refractivity contribution is -0.309. The maximum absolute atomic E-state index is 12.4. The molecule has 0 spiro atoms. The highest BCUT2D eigenvalue weighted by molar-refractivity contribution is 5.96. The molecule has 4 aliphatic rings. The predicted octanol–water partition coefficient (Wildman–Crippen LogP) is 2.66. The number of aliphatic carboxylic acids is 1. The van der Waals surface area contributed by atoms with Gasteiger partial charge in [-0.3, -0.25) is 4.79 Å². The first-order valence-electron chi connectivity index (χ1n) is 9.98. The van der Waals surface area contributed by atoms with Crippen molar-refractivity contribution >= 4 is 11.9 Å². The van der Waals surface area contributed by atoms with Crippen LogP contribution in [0.3, 0.4) is 0 Å². The summed E-state index contributed by atoms with van der Waals surface area (Å²) in [6, 6.07) is 6.95. The minimum absolute atomic E-state index is 0.213. The third-order valence-electron chi connectivity index (χ3n) is 7.00. The first kappa shape index (κ1) is 17.6. The molecule has 0 radical (unpaired) electrons. The van der Waals surface area contributed by atoms with Gasteiger partial charge in [0.2, 0.25) is 0 Å². The lowest BCUT2D eigenvalue weighted by atomic mass is 9.48. The van der Waals surface area contributed by atoms with E-state index in [2.05, 4.69) is 17.4 Å². The van der Waals surface area contributed by atoms with Crippen molar-refractivity contribution in [3.8, 4) is 0 Å². The monoisotopic (exact) mass is 354 g/mol. The van der Waals surface area contributed by atoms with Gasteiger partial charge in [0.15, 0.2) is 0 Å². The van der Waals surface area contributed by atoms with Gasteiger partial charge in [-0.15, -0.1) is 0 Å². The number of carbonyl (C=O) groups is 2. The molecule has 4 heteroatoms. The topological polar surface area (TPSA) is 69.2 Å². The molecule has 5 rings (SSSR count). The molecule has 4 bridgehead atoms. The van der Waals surface area contributed by atoms with Gasteiger partial charge in [-0.25, -0.2) is 0 Å². The Morgan fingerprint density at radius 3 is 1.92 bits per heavy atom. The van der Waals surface area contributed by atoms with Gasteiger partial charge >= 0.3 is 0 Å². The second kappa shape index (κ2) is 6.40. The molecule has 4 fully saturated rings. The molecular weight excluding hydrogens is 326 g/mol. The number of hydrogen-bond acceptors (Lipinski definition) is 3. The zero-order chi connectivity index (χ0) is 18.5. The number of carboxylic acids is 1. The van der Waals surface area contributed by atoms with E-state index in [1.165, 1.54) is 44.1 Å². The first-order chi connectivity index (χ1) is 12.4. The Morgan fingerprint density at radius 1 is 1.00 bits per heavy atom. The van der Waals surface area contributed by atoms with Crippen LogP contribution in [0.2, 0.25) is 0 Å². The summed E-state index contributed by atoms with van der Waals surface area (Å²) in [6.07, 6.45) is 8.14. The highest BCUT2D eigenvalue weighted by atomic mass is 16.4. The van der Waals surface area contributed by atoms with Crippen LogP contribution in [0.25, 0.3) is 0 Å². The zero-order valence-corrected chi connectivity index (χ0v) is 15.7. The van der Waals surface area contributed by atoms with E-state index >= 15 is 0 Å². The van der Waals surface area contributed by atoms with E-state index in [0.29, 0.717) is 11.0 Å². The quantitative estimate of drug-likeness (QED) is 0.884. The number of benzene rings is 1. The van der Waals surface area contributed by atoms with Crippen LogP contribution in [0.5, 0.6) is 0 Å². The van der Waals surface area contributed by atoms with E-state index in [4.69, 9.17) is 0 Å². The molecule has 26 heavy (non-hydrogen) atoms. The fourth-order valence-electron chi connectivity index (χ4n) is 6.16. The van der Waals surface area contributed by atoms with E-state index in [1.54, 1.807) is 13.8 Å². The molecule has 4 nitrogen and oxygen atoms in total. The molecule has 0 aromatic heterocycles. The molecule has 4 saturated carbocycles.